The second kappa shape index (κ2) is 5.83. The first kappa shape index (κ1) is 13.4. The molecule has 1 atom stereocenters. The van der Waals surface area contributed by atoms with Gasteiger partial charge in [-0.2, -0.15) is 0 Å². The Morgan fingerprint density at radius 2 is 2.35 bits per heavy atom. The molecule has 2 aliphatic rings. The fraction of sp³-hybridized carbons (Fsp3) is 0.562. The van der Waals surface area contributed by atoms with Gasteiger partial charge in [-0.05, 0) is 56.0 Å². The number of rotatable bonds is 4. The molecule has 2 aliphatic heterocycles. The van der Waals surface area contributed by atoms with Crippen LogP contribution < -0.4 is 10.5 Å². The third kappa shape index (κ3) is 2.52. The van der Waals surface area contributed by atoms with Crippen molar-refractivity contribution in [3.05, 3.63) is 29.3 Å². The van der Waals surface area contributed by atoms with E-state index in [0.29, 0.717) is 12.6 Å². The molecule has 0 aliphatic carbocycles. The minimum atomic E-state index is 0.166. The van der Waals surface area contributed by atoms with E-state index in [9.17, 15) is 4.79 Å². The molecule has 3 rings (SSSR count). The average Bonchev–Trinajstić information content (AvgIpc) is 3.12. The smallest absolute Gasteiger partial charge is 0.254 e. The summed E-state index contributed by atoms with van der Waals surface area (Å²) in [6.07, 6.45) is 5.14. The molecule has 0 bridgehead atoms. The molecular formula is C16H22N2O2. The van der Waals surface area contributed by atoms with Gasteiger partial charge in [0.2, 0.25) is 0 Å². The van der Waals surface area contributed by atoms with Crippen LogP contribution in [0.25, 0.3) is 0 Å². The Bertz CT molecular complexity index is 501. The Labute approximate surface area is 119 Å². The summed E-state index contributed by atoms with van der Waals surface area (Å²) in [5.41, 5.74) is 7.54. The van der Waals surface area contributed by atoms with Crippen LogP contribution in [0.15, 0.2) is 18.2 Å². The lowest BCUT2D eigenvalue weighted by Crippen LogP contribution is -2.35. The lowest BCUT2D eigenvalue weighted by atomic mass is 10.1. The van der Waals surface area contributed by atoms with E-state index in [1.165, 1.54) is 0 Å². The first-order valence-electron chi connectivity index (χ1n) is 7.56. The topological polar surface area (TPSA) is 55.6 Å². The van der Waals surface area contributed by atoms with Gasteiger partial charge < -0.3 is 15.4 Å². The highest BCUT2D eigenvalue weighted by atomic mass is 16.5. The van der Waals surface area contributed by atoms with Crippen LogP contribution in [0.3, 0.4) is 0 Å². The van der Waals surface area contributed by atoms with Gasteiger partial charge in [0.25, 0.3) is 5.91 Å². The highest BCUT2D eigenvalue weighted by molar-refractivity contribution is 5.95. The number of nitrogens with two attached hydrogens (primary N) is 1. The SMILES string of the molecule is NCCCC1CCCN1C(=O)c1ccc2c(c1)CCO2. The van der Waals surface area contributed by atoms with E-state index in [4.69, 9.17) is 10.5 Å². The summed E-state index contributed by atoms with van der Waals surface area (Å²) in [5, 5.41) is 0. The highest BCUT2D eigenvalue weighted by Crippen LogP contribution is 2.28. The van der Waals surface area contributed by atoms with E-state index >= 15 is 0 Å². The van der Waals surface area contributed by atoms with Crippen LogP contribution in [0.4, 0.5) is 0 Å². The summed E-state index contributed by atoms with van der Waals surface area (Å²) in [6.45, 7) is 2.31. The van der Waals surface area contributed by atoms with Crippen molar-refractivity contribution < 1.29 is 9.53 Å². The largest absolute Gasteiger partial charge is 0.493 e. The molecule has 4 nitrogen and oxygen atoms in total. The minimum absolute atomic E-state index is 0.166. The van der Waals surface area contributed by atoms with E-state index in [2.05, 4.69) is 0 Å². The number of hydrogen-bond acceptors (Lipinski definition) is 3. The first-order chi connectivity index (χ1) is 9.79. The summed E-state index contributed by atoms with van der Waals surface area (Å²) in [4.78, 5) is 14.7. The number of benzene rings is 1. The van der Waals surface area contributed by atoms with E-state index < -0.39 is 0 Å². The van der Waals surface area contributed by atoms with E-state index in [1.807, 2.05) is 23.1 Å². The molecular weight excluding hydrogens is 252 g/mol. The van der Waals surface area contributed by atoms with Crippen molar-refractivity contribution in [3.8, 4) is 5.75 Å². The average molecular weight is 274 g/mol. The highest BCUT2D eigenvalue weighted by Gasteiger charge is 2.29. The molecule has 1 aromatic carbocycles. The summed E-state index contributed by atoms with van der Waals surface area (Å²) < 4.78 is 5.49. The summed E-state index contributed by atoms with van der Waals surface area (Å²) in [7, 11) is 0. The van der Waals surface area contributed by atoms with Crippen molar-refractivity contribution >= 4 is 5.91 Å². The summed E-state index contributed by atoms with van der Waals surface area (Å²) >= 11 is 0. The quantitative estimate of drug-likeness (QED) is 0.913. The zero-order valence-electron chi connectivity index (χ0n) is 11.8. The van der Waals surface area contributed by atoms with Crippen LogP contribution in [0.2, 0.25) is 0 Å². The van der Waals surface area contributed by atoms with Gasteiger partial charge in [-0.1, -0.05) is 0 Å². The fourth-order valence-electron chi connectivity index (χ4n) is 3.24. The molecule has 2 heterocycles. The monoisotopic (exact) mass is 274 g/mol. The van der Waals surface area contributed by atoms with E-state index in [-0.39, 0.29) is 5.91 Å². The maximum absolute atomic E-state index is 12.7. The molecule has 20 heavy (non-hydrogen) atoms. The maximum Gasteiger partial charge on any atom is 0.254 e. The van der Waals surface area contributed by atoms with Gasteiger partial charge in [0.1, 0.15) is 5.75 Å². The van der Waals surface area contributed by atoms with Gasteiger partial charge >= 0.3 is 0 Å². The van der Waals surface area contributed by atoms with Crippen LogP contribution in [0, 0.1) is 0 Å². The number of nitrogens with zero attached hydrogens (tertiary/aromatic N) is 1. The van der Waals surface area contributed by atoms with E-state index in [0.717, 1.165) is 62.1 Å². The Morgan fingerprint density at radius 3 is 3.20 bits per heavy atom. The molecule has 1 unspecified atom stereocenters. The Morgan fingerprint density at radius 1 is 1.45 bits per heavy atom. The van der Waals surface area contributed by atoms with Crippen LogP contribution in [-0.2, 0) is 6.42 Å². The molecule has 2 N–H and O–H groups in total. The number of amides is 1. The van der Waals surface area contributed by atoms with Gasteiger partial charge in [0, 0.05) is 24.6 Å². The number of carbonyl (C=O) groups is 1. The molecule has 0 radical (unpaired) electrons. The van der Waals surface area contributed by atoms with Crippen molar-refractivity contribution in [3.63, 3.8) is 0 Å². The normalized spacial score (nSPS) is 20.9. The second-order valence-corrected chi connectivity index (χ2v) is 5.65. The summed E-state index contributed by atoms with van der Waals surface area (Å²) in [6, 6.07) is 6.20. The van der Waals surface area contributed by atoms with Gasteiger partial charge in [-0.15, -0.1) is 0 Å². The van der Waals surface area contributed by atoms with Crippen LogP contribution >= 0.6 is 0 Å². The number of likely N-dealkylation sites (tertiary alicyclic amines) is 1. The number of fused-ring (bicyclic) bond motifs is 1. The molecule has 0 aromatic heterocycles. The first-order valence-corrected chi connectivity index (χ1v) is 7.56. The van der Waals surface area contributed by atoms with Crippen LogP contribution in [-0.4, -0.2) is 36.5 Å². The zero-order valence-corrected chi connectivity index (χ0v) is 11.8. The lowest BCUT2D eigenvalue weighted by molar-refractivity contribution is 0.0729. The van der Waals surface area contributed by atoms with Crippen molar-refractivity contribution in [2.45, 2.75) is 38.1 Å². The van der Waals surface area contributed by atoms with Crippen LogP contribution in [0.1, 0.15) is 41.6 Å². The maximum atomic E-state index is 12.7. The number of hydrogen-bond donors (Lipinski definition) is 1. The number of carbonyl (C=O) groups excluding carboxylic acids is 1. The zero-order chi connectivity index (χ0) is 13.9. The molecule has 1 fully saturated rings. The van der Waals surface area contributed by atoms with Gasteiger partial charge in [-0.3, -0.25) is 4.79 Å². The standard InChI is InChI=1S/C16H22N2O2/c17-8-1-3-14-4-2-9-18(14)16(19)13-5-6-15-12(11-13)7-10-20-15/h5-6,11,14H,1-4,7-10,17H2. The lowest BCUT2D eigenvalue weighted by Gasteiger charge is -2.25. The predicted octanol–water partition coefficient (Wildman–Crippen LogP) is 1.97. The molecule has 1 aromatic rings. The van der Waals surface area contributed by atoms with Crippen LogP contribution in [0.5, 0.6) is 5.75 Å². The second-order valence-electron chi connectivity index (χ2n) is 5.65. The van der Waals surface area contributed by atoms with Crippen molar-refractivity contribution in [2.24, 2.45) is 5.73 Å². The van der Waals surface area contributed by atoms with Gasteiger partial charge in [0.15, 0.2) is 0 Å². The van der Waals surface area contributed by atoms with Gasteiger partial charge in [-0.25, -0.2) is 0 Å². The van der Waals surface area contributed by atoms with E-state index in [1.54, 1.807) is 0 Å². The molecule has 0 saturated carbocycles. The Kier molecular flexibility index (Phi) is 3.92. The molecule has 4 heteroatoms. The predicted molar refractivity (Wildman–Crippen MR) is 78.0 cm³/mol. The fourth-order valence-corrected chi connectivity index (χ4v) is 3.24. The Balaban J connectivity index is 1.74. The summed E-state index contributed by atoms with van der Waals surface area (Å²) in [5.74, 6) is 1.10. The molecule has 0 spiro atoms. The van der Waals surface area contributed by atoms with Crippen molar-refractivity contribution in [2.75, 3.05) is 19.7 Å². The minimum Gasteiger partial charge on any atom is -0.493 e. The molecule has 1 amide bonds. The third-order valence-corrected chi connectivity index (χ3v) is 4.32. The third-order valence-electron chi connectivity index (χ3n) is 4.32. The van der Waals surface area contributed by atoms with Crippen molar-refractivity contribution in [1.29, 1.82) is 0 Å². The van der Waals surface area contributed by atoms with Crippen molar-refractivity contribution in [1.82, 2.24) is 4.90 Å². The molecule has 1 saturated heterocycles. The Hall–Kier alpha value is -1.55. The van der Waals surface area contributed by atoms with Gasteiger partial charge in [0.05, 0.1) is 6.61 Å². The molecule has 108 valence electrons. The number of ether oxygens (including phenoxy) is 1.